The molecule has 1 aliphatic carbocycles. The molecule has 0 unspecified atom stereocenters. The molecule has 0 saturated carbocycles. The van der Waals surface area contributed by atoms with E-state index in [0.29, 0.717) is 30.4 Å². The number of ketones is 2. The van der Waals surface area contributed by atoms with Gasteiger partial charge >= 0.3 is 5.97 Å². The van der Waals surface area contributed by atoms with E-state index >= 15 is 0 Å². The molecule has 0 atom stereocenters. The van der Waals surface area contributed by atoms with E-state index in [1.165, 1.54) is 0 Å². The van der Waals surface area contributed by atoms with Crippen LogP contribution in [0.25, 0.3) is 11.1 Å². The van der Waals surface area contributed by atoms with Crippen LogP contribution >= 0.6 is 0 Å². The Morgan fingerprint density at radius 1 is 0.774 bits per heavy atom. The molecule has 0 aromatic heterocycles. The third kappa shape index (κ3) is 5.12. The van der Waals surface area contributed by atoms with Gasteiger partial charge in [0.25, 0.3) is 0 Å². The Kier molecular flexibility index (Phi) is 7.78. The summed E-state index contributed by atoms with van der Waals surface area (Å²) in [6.45, 7) is 6.13. The summed E-state index contributed by atoms with van der Waals surface area (Å²) in [4.78, 5) is 37.1. The lowest BCUT2D eigenvalue weighted by Gasteiger charge is -2.15. The first-order chi connectivity index (χ1) is 15.0. The van der Waals surface area contributed by atoms with E-state index in [-0.39, 0.29) is 30.1 Å². The predicted molar refractivity (Wildman–Crippen MR) is 123 cm³/mol. The molecule has 4 heteroatoms. The number of hydrogen-bond acceptors (Lipinski definition) is 4. The summed E-state index contributed by atoms with van der Waals surface area (Å²) in [5.41, 5.74) is 5.50. The van der Waals surface area contributed by atoms with Crippen molar-refractivity contribution in [1.82, 2.24) is 0 Å². The van der Waals surface area contributed by atoms with Gasteiger partial charge in [-0.2, -0.15) is 0 Å². The van der Waals surface area contributed by atoms with Gasteiger partial charge in [0.2, 0.25) is 0 Å². The Balaban J connectivity index is 1.98. The van der Waals surface area contributed by atoms with Crippen molar-refractivity contribution in [3.05, 3.63) is 58.7 Å². The van der Waals surface area contributed by atoms with Crippen molar-refractivity contribution in [3.8, 4) is 11.1 Å². The molecular formula is C27H32O4. The van der Waals surface area contributed by atoms with Crippen LogP contribution in [0.15, 0.2) is 36.4 Å². The summed E-state index contributed by atoms with van der Waals surface area (Å²) in [5.74, 6) is -0.139. The fraction of sp³-hybridized carbons (Fsp3) is 0.444. The molecule has 0 saturated heterocycles. The fourth-order valence-electron chi connectivity index (χ4n) is 4.13. The van der Waals surface area contributed by atoms with Gasteiger partial charge in [0.15, 0.2) is 11.6 Å². The maximum Gasteiger partial charge on any atom is 0.305 e. The average molecular weight is 421 g/mol. The van der Waals surface area contributed by atoms with E-state index in [2.05, 4.69) is 13.8 Å². The van der Waals surface area contributed by atoms with Crippen molar-refractivity contribution in [2.24, 2.45) is 0 Å². The molecule has 1 aliphatic rings. The van der Waals surface area contributed by atoms with E-state index < -0.39 is 0 Å². The third-order valence-electron chi connectivity index (χ3n) is 6.00. The molecule has 2 aromatic carbocycles. The van der Waals surface area contributed by atoms with Gasteiger partial charge in [-0.3, -0.25) is 14.4 Å². The minimum Gasteiger partial charge on any atom is -0.465 e. The summed E-state index contributed by atoms with van der Waals surface area (Å²) in [5, 5.41) is 0. The van der Waals surface area contributed by atoms with Gasteiger partial charge in [-0.05, 0) is 47.2 Å². The van der Waals surface area contributed by atoms with Gasteiger partial charge in [-0.1, -0.05) is 57.9 Å². The molecule has 2 aromatic rings. The van der Waals surface area contributed by atoms with Gasteiger partial charge < -0.3 is 4.74 Å². The SMILES string of the molecule is CCCCC(=O)c1ccc2c(c1)C(COC(=O)CC)c1cc(C(=O)CCCC)ccc1-2. The second-order valence-corrected chi connectivity index (χ2v) is 8.25. The lowest BCUT2D eigenvalue weighted by molar-refractivity contribution is -0.143. The Morgan fingerprint density at radius 2 is 1.26 bits per heavy atom. The minimum atomic E-state index is -0.250. The number of hydrogen-bond donors (Lipinski definition) is 0. The largest absolute Gasteiger partial charge is 0.465 e. The number of carbonyl (C=O) groups excluding carboxylic acids is 3. The molecule has 31 heavy (non-hydrogen) atoms. The lowest BCUT2D eigenvalue weighted by Crippen LogP contribution is -2.12. The Hall–Kier alpha value is -2.75. The van der Waals surface area contributed by atoms with Gasteiger partial charge in [-0.15, -0.1) is 0 Å². The maximum absolute atomic E-state index is 12.6. The van der Waals surface area contributed by atoms with Crippen LogP contribution < -0.4 is 0 Å². The highest BCUT2D eigenvalue weighted by molar-refractivity contribution is 5.99. The Morgan fingerprint density at radius 3 is 1.68 bits per heavy atom. The highest BCUT2D eigenvalue weighted by atomic mass is 16.5. The highest BCUT2D eigenvalue weighted by Gasteiger charge is 2.31. The molecule has 0 radical (unpaired) electrons. The number of ether oxygens (including phenoxy) is 1. The first-order valence-corrected chi connectivity index (χ1v) is 11.5. The van der Waals surface area contributed by atoms with Crippen LogP contribution in [-0.2, 0) is 9.53 Å². The van der Waals surface area contributed by atoms with Crippen LogP contribution in [-0.4, -0.2) is 24.1 Å². The van der Waals surface area contributed by atoms with Crippen molar-refractivity contribution in [3.63, 3.8) is 0 Å². The molecule has 0 fully saturated rings. The second-order valence-electron chi connectivity index (χ2n) is 8.25. The maximum atomic E-state index is 12.6. The van der Waals surface area contributed by atoms with Crippen molar-refractivity contribution in [2.45, 2.75) is 71.6 Å². The number of unbranched alkanes of at least 4 members (excludes halogenated alkanes) is 2. The minimum absolute atomic E-state index is 0.139. The van der Waals surface area contributed by atoms with Gasteiger partial charge in [0.1, 0.15) is 6.61 Å². The molecule has 0 N–H and O–H groups in total. The van der Waals surface area contributed by atoms with Crippen molar-refractivity contribution in [1.29, 1.82) is 0 Å². The highest BCUT2D eigenvalue weighted by Crippen LogP contribution is 2.46. The summed E-state index contributed by atoms with van der Waals surface area (Å²) in [7, 11) is 0. The molecule has 0 amide bonds. The number of esters is 1. The zero-order valence-corrected chi connectivity index (χ0v) is 18.8. The number of carbonyl (C=O) groups is 3. The van der Waals surface area contributed by atoms with Gasteiger partial charge in [0.05, 0.1) is 0 Å². The summed E-state index contributed by atoms with van der Waals surface area (Å²) >= 11 is 0. The smallest absolute Gasteiger partial charge is 0.305 e. The van der Waals surface area contributed by atoms with Crippen LogP contribution in [0.5, 0.6) is 0 Å². The average Bonchev–Trinajstić information content (AvgIpc) is 3.11. The zero-order chi connectivity index (χ0) is 22.4. The topological polar surface area (TPSA) is 60.4 Å². The summed E-state index contributed by atoms with van der Waals surface area (Å²) in [6, 6.07) is 11.7. The van der Waals surface area contributed by atoms with Gasteiger partial charge in [0, 0.05) is 36.3 Å². The number of fused-ring (bicyclic) bond motifs is 3. The molecular weight excluding hydrogens is 388 g/mol. The van der Waals surface area contributed by atoms with Crippen LogP contribution in [0, 0.1) is 0 Å². The van der Waals surface area contributed by atoms with E-state index in [4.69, 9.17) is 4.74 Å². The number of rotatable bonds is 11. The van der Waals surface area contributed by atoms with Crippen molar-refractivity contribution >= 4 is 17.5 Å². The van der Waals surface area contributed by atoms with Crippen LogP contribution in [0.2, 0.25) is 0 Å². The van der Waals surface area contributed by atoms with Crippen LogP contribution in [0.1, 0.15) is 103 Å². The number of benzene rings is 2. The summed E-state index contributed by atoms with van der Waals surface area (Å²) < 4.78 is 5.51. The summed E-state index contributed by atoms with van der Waals surface area (Å²) in [6.07, 6.45) is 5.09. The monoisotopic (exact) mass is 420 g/mol. The molecule has 0 spiro atoms. The zero-order valence-electron chi connectivity index (χ0n) is 18.8. The quantitative estimate of drug-likeness (QED) is 0.308. The molecule has 0 bridgehead atoms. The molecule has 0 heterocycles. The van der Waals surface area contributed by atoms with Crippen molar-refractivity contribution in [2.75, 3.05) is 6.61 Å². The normalized spacial score (nSPS) is 12.4. The standard InChI is InChI=1S/C27H32O4/c1-4-7-9-25(28)18-11-13-20-21-14-12-19(26(29)10-8-5-2)16-23(21)24(22(20)15-18)17-31-27(30)6-3/h11-16,24H,4-10,17H2,1-3H3. The molecule has 3 rings (SSSR count). The first-order valence-electron chi connectivity index (χ1n) is 11.5. The van der Waals surface area contributed by atoms with Gasteiger partial charge in [-0.25, -0.2) is 0 Å². The van der Waals surface area contributed by atoms with E-state index in [0.717, 1.165) is 47.9 Å². The van der Waals surface area contributed by atoms with E-state index in [1.54, 1.807) is 6.92 Å². The van der Waals surface area contributed by atoms with Crippen LogP contribution in [0.3, 0.4) is 0 Å². The molecule has 0 aliphatic heterocycles. The second kappa shape index (κ2) is 10.5. The van der Waals surface area contributed by atoms with E-state index in [1.807, 2.05) is 36.4 Å². The third-order valence-corrected chi connectivity index (χ3v) is 6.00. The fourth-order valence-corrected chi connectivity index (χ4v) is 4.13. The predicted octanol–water partition coefficient (Wildman–Crippen LogP) is 6.50. The number of Topliss-reactive ketones (excluding diaryl/α,β-unsaturated/α-hetero) is 2. The molecule has 4 nitrogen and oxygen atoms in total. The van der Waals surface area contributed by atoms with Crippen molar-refractivity contribution < 1.29 is 19.1 Å². The first kappa shape index (κ1) is 22.9. The molecule has 164 valence electrons. The Labute approximate surface area is 185 Å². The van der Waals surface area contributed by atoms with E-state index in [9.17, 15) is 14.4 Å². The lowest BCUT2D eigenvalue weighted by atomic mass is 9.93. The van der Waals surface area contributed by atoms with Crippen LogP contribution in [0.4, 0.5) is 0 Å². The Bertz CT molecular complexity index is 904.